The number of halogens is 1. The van der Waals surface area contributed by atoms with Gasteiger partial charge in [-0.3, -0.25) is 4.79 Å². The maximum atomic E-state index is 12.9. The lowest BCUT2D eigenvalue weighted by atomic mass is 10.1. The van der Waals surface area contributed by atoms with Crippen LogP contribution in [0.4, 0.5) is 0 Å². The number of amides is 1. The van der Waals surface area contributed by atoms with E-state index in [1.54, 1.807) is 33.1 Å². The highest BCUT2D eigenvalue weighted by Gasteiger charge is 2.21. The molecule has 0 aliphatic carbocycles. The van der Waals surface area contributed by atoms with E-state index in [1.165, 1.54) is 18.2 Å². The minimum absolute atomic E-state index is 0.00670. The topological polar surface area (TPSA) is 93.7 Å². The van der Waals surface area contributed by atoms with Gasteiger partial charge in [-0.1, -0.05) is 17.7 Å². The van der Waals surface area contributed by atoms with Crippen LogP contribution in [0.2, 0.25) is 5.02 Å². The molecule has 2 rings (SSSR count). The van der Waals surface area contributed by atoms with Gasteiger partial charge in [0.05, 0.1) is 34.7 Å². The molecule has 0 spiro atoms. The molecule has 0 radical (unpaired) electrons. The number of hydrogen-bond acceptors (Lipinski definition) is 5. The van der Waals surface area contributed by atoms with Crippen LogP contribution in [-0.2, 0) is 10.0 Å². The van der Waals surface area contributed by atoms with Crippen molar-refractivity contribution in [3.8, 4) is 11.5 Å². The zero-order chi connectivity index (χ0) is 23.3. The molecule has 0 fully saturated rings. The monoisotopic (exact) mass is 468 g/mol. The highest BCUT2D eigenvalue weighted by Crippen LogP contribution is 2.31. The maximum absolute atomic E-state index is 12.9. The summed E-state index contributed by atoms with van der Waals surface area (Å²) in [4.78, 5) is 12.8. The summed E-state index contributed by atoms with van der Waals surface area (Å²) in [6.45, 7) is 9.09. The first-order valence-electron chi connectivity index (χ1n) is 9.92. The van der Waals surface area contributed by atoms with E-state index >= 15 is 0 Å². The lowest BCUT2D eigenvalue weighted by molar-refractivity contribution is 0.0939. The first-order chi connectivity index (χ1) is 14.4. The molecule has 0 aromatic heterocycles. The van der Waals surface area contributed by atoms with Crippen molar-refractivity contribution in [2.24, 2.45) is 0 Å². The van der Waals surface area contributed by atoms with Crippen molar-refractivity contribution in [1.82, 2.24) is 10.0 Å². The number of methoxy groups -OCH3 is 1. The fraction of sp³-hybridized carbons (Fsp3) is 0.409. The molecule has 1 atom stereocenters. The number of carbonyl (C=O) groups excluding carboxylic acids is 1. The van der Waals surface area contributed by atoms with E-state index in [2.05, 4.69) is 10.0 Å². The molecule has 170 valence electrons. The van der Waals surface area contributed by atoms with Crippen LogP contribution in [0.5, 0.6) is 11.5 Å². The van der Waals surface area contributed by atoms with Crippen molar-refractivity contribution in [1.29, 1.82) is 0 Å². The molecular formula is C22H29ClN2O5S. The van der Waals surface area contributed by atoms with E-state index in [0.717, 1.165) is 5.56 Å². The molecule has 7 nitrogen and oxygen atoms in total. The van der Waals surface area contributed by atoms with Crippen LogP contribution in [0.25, 0.3) is 0 Å². The van der Waals surface area contributed by atoms with Gasteiger partial charge in [0.2, 0.25) is 10.0 Å². The normalized spacial score (nSPS) is 12.7. The Labute approximate surface area is 189 Å². The summed E-state index contributed by atoms with van der Waals surface area (Å²) in [5.41, 5.74) is 0.870. The third-order valence-electron chi connectivity index (χ3n) is 4.28. The summed E-state index contributed by atoms with van der Waals surface area (Å²) in [5, 5.41) is 3.01. The van der Waals surface area contributed by atoms with Gasteiger partial charge in [-0.15, -0.1) is 0 Å². The summed E-state index contributed by atoms with van der Waals surface area (Å²) >= 11 is 6.18. The van der Waals surface area contributed by atoms with Crippen LogP contribution >= 0.6 is 11.6 Å². The van der Waals surface area contributed by atoms with Crippen LogP contribution in [-0.4, -0.2) is 33.6 Å². The van der Waals surface area contributed by atoms with Crippen molar-refractivity contribution in [2.45, 2.75) is 57.7 Å². The van der Waals surface area contributed by atoms with Crippen LogP contribution in [0.1, 0.15) is 56.6 Å². The molecule has 2 N–H and O–H groups in total. The Morgan fingerprint density at radius 3 is 2.26 bits per heavy atom. The number of rotatable bonds is 9. The van der Waals surface area contributed by atoms with Gasteiger partial charge in [-0.25, -0.2) is 13.1 Å². The molecule has 0 aliphatic rings. The van der Waals surface area contributed by atoms with Gasteiger partial charge in [0, 0.05) is 6.04 Å². The Kier molecular flexibility index (Phi) is 8.34. The summed E-state index contributed by atoms with van der Waals surface area (Å²) in [5.74, 6) is 0.678. The Bertz CT molecular complexity index is 1040. The summed E-state index contributed by atoms with van der Waals surface area (Å²) in [7, 11) is -2.21. The minimum Gasteiger partial charge on any atom is -0.493 e. The Hall–Kier alpha value is -2.29. The molecule has 1 unspecified atom stereocenters. The van der Waals surface area contributed by atoms with Gasteiger partial charge in [0.25, 0.3) is 5.91 Å². The molecule has 2 aromatic rings. The highest BCUT2D eigenvalue weighted by atomic mass is 35.5. The number of hydrogen-bond donors (Lipinski definition) is 2. The lowest BCUT2D eigenvalue weighted by Gasteiger charge is -2.19. The number of carbonyl (C=O) groups is 1. The van der Waals surface area contributed by atoms with Gasteiger partial charge in [0.15, 0.2) is 11.5 Å². The summed E-state index contributed by atoms with van der Waals surface area (Å²) in [6, 6.07) is 8.78. The van der Waals surface area contributed by atoms with Gasteiger partial charge in [0.1, 0.15) is 0 Å². The van der Waals surface area contributed by atoms with E-state index in [0.29, 0.717) is 11.5 Å². The number of benzene rings is 2. The van der Waals surface area contributed by atoms with Crippen molar-refractivity contribution in [3.63, 3.8) is 0 Å². The fourth-order valence-corrected chi connectivity index (χ4v) is 4.37. The number of sulfonamides is 1. The second-order valence-corrected chi connectivity index (χ2v) is 9.81. The van der Waals surface area contributed by atoms with Crippen molar-refractivity contribution < 1.29 is 22.7 Å². The third kappa shape index (κ3) is 6.59. The molecule has 0 heterocycles. The van der Waals surface area contributed by atoms with Gasteiger partial charge in [-0.05, 0) is 70.5 Å². The SMILES string of the molecule is COc1cc(C(C)NC(=O)c2cc(S(=O)(=O)NC(C)C)ccc2Cl)ccc1OC(C)C. The highest BCUT2D eigenvalue weighted by molar-refractivity contribution is 7.89. The van der Waals surface area contributed by atoms with Crippen LogP contribution in [0.15, 0.2) is 41.3 Å². The van der Waals surface area contributed by atoms with Crippen LogP contribution in [0, 0.1) is 0 Å². The largest absolute Gasteiger partial charge is 0.493 e. The standard InChI is InChI=1S/C22H29ClN2O5S/c1-13(2)25-31(27,28)17-8-9-19(23)18(12-17)22(26)24-15(5)16-7-10-20(30-14(3)4)21(11-16)29-6/h7-15,25H,1-6H3,(H,24,26). The van der Waals surface area contributed by atoms with Gasteiger partial charge in [-0.2, -0.15) is 0 Å². The molecular weight excluding hydrogens is 440 g/mol. The zero-order valence-corrected chi connectivity index (χ0v) is 20.1. The molecule has 0 aliphatic heterocycles. The smallest absolute Gasteiger partial charge is 0.253 e. The Balaban J connectivity index is 2.26. The third-order valence-corrected chi connectivity index (χ3v) is 6.27. The molecule has 0 saturated heterocycles. The van der Waals surface area contributed by atoms with Crippen molar-refractivity contribution in [3.05, 3.63) is 52.5 Å². The maximum Gasteiger partial charge on any atom is 0.253 e. The minimum atomic E-state index is -3.76. The second-order valence-electron chi connectivity index (χ2n) is 7.69. The second kappa shape index (κ2) is 10.3. The van der Waals surface area contributed by atoms with Crippen molar-refractivity contribution in [2.75, 3.05) is 7.11 Å². The number of ether oxygens (including phenoxy) is 2. The predicted molar refractivity (Wildman–Crippen MR) is 122 cm³/mol. The molecule has 31 heavy (non-hydrogen) atoms. The van der Waals surface area contributed by atoms with E-state index in [1.807, 2.05) is 26.8 Å². The number of nitrogens with one attached hydrogen (secondary N) is 2. The van der Waals surface area contributed by atoms with E-state index in [9.17, 15) is 13.2 Å². The van der Waals surface area contributed by atoms with E-state index in [4.69, 9.17) is 21.1 Å². The van der Waals surface area contributed by atoms with E-state index in [-0.39, 0.29) is 33.7 Å². The van der Waals surface area contributed by atoms with Crippen LogP contribution < -0.4 is 19.5 Å². The van der Waals surface area contributed by atoms with Crippen molar-refractivity contribution >= 4 is 27.5 Å². The summed E-state index contributed by atoms with van der Waals surface area (Å²) in [6.07, 6.45) is -0.00670. The molecule has 0 bridgehead atoms. The molecule has 2 aromatic carbocycles. The Morgan fingerprint density at radius 2 is 1.68 bits per heavy atom. The average Bonchev–Trinajstić information content (AvgIpc) is 2.66. The zero-order valence-electron chi connectivity index (χ0n) is 18.5. The Morgan fingerprint density at radius 1 is 1.00 bits per heavy atom. The summed E-state index contributed by atoms with van der Waals surface area (Å²) < 4.78 is 38.5. The molecule has 9 heteroatoms. The van der Waals surface area contributed by atoms with Gasteiger partial charge < -0.3 is 14.8 Å². The predicted octanol–water partition coefficient (Wildman–Crippen LogP) is 4.31. The van der Waals surface area contributed by atoms with E-state index < -0.39 is 15.9 Å². The molecule has 0 saturated carbocycles. The first-order valence-corrected chi connectivity index (χ1v) is 11.8. The molecule has 1 amide bonds. The fourth-order valence-electron chi connectivity index (χ4n) is 2.89. The average molecular weight is 469 g/mol. The van der Waals surface area contributed by atoms with Gasteiger partial charge >= 0.3 is 0 Å². The van der Waals surface area contributed by atoms with Crippen LogP contribution in [0.3, 0.4) is 0 Å². The lowest BCUT2D eigenvalue weighted by Crippen LogP contribution is -2.31. The quantitative estimate of drug-likeness (QED) is 0.571. The first kappa shape index (κ1) is 25.0.